The van der Waals surface area contributed by atoms with Crippen LogP contribution in [-0.4, -0.2) is 25.1 Å². The highest BCUT2D eigenvalue weighted by molar-refractivity contribution is 6.33. The molecule has 7 heteroatoms. The minimum Gasteiger partial charge on any atom is -0.483 e. The molecule has 1 N–H and O–H groups in total. The quantitative estimate of drug-likeness (QED) is 0.806. The van der Waals surface area contributed by atoms with Gasteiger partial charge in [0.05, 0.1) is 17.3 Å². The van der Waals surface area contributed by atoms with Gasteiger partial charge in [-0.05, 0) is 37.3 Å². The normalized spacial score (nSPS) is 10.1. The van der Waals surface area contributed by atoms with Crippen LogP contribution in [0.5, 0.6) is 5.75 Å². The minimum atomic E-state index is -0.532. The van der Waals surface area contributed by atoms with E-state index in [4.69, 9.17) is 21.1 Å². The van der Waals surface area contributed by atoms with Crippen LogP contribution in [0.1, 0.15) is 17.3 Å². The summed E-state index contributed by atoms with van der Waals surface area (Å²) >= 11 is 5.84. The van der Waals surface area contributed by atoms with Gasteiger partial charge >= 0.3 is 5.97 Å². The predicted octanol–water partition coefficient (Wildman–Crippen LogP) is 3.67. The highest BCUT2D eigenvalue weighted by atomic mass is 35.5. The maximum Gasteiger partial charge on any atom is 0.341 e. The van der Waals surface area contributed by atoms with E-state index in [9.17, 15) is 14.0 Å². The van der Waals surface area contributed by atoms with E-state index in [1.165, 1.54) is 12.1 Å². The molecule has 2 aromatic carbocycles. The topological polar surface area (TPSA) is 64.6 Å². The fourth-order valence-electron chi connectivity index (χ4n) is 1.89. The van der Waals surface area contributed by atoms with E-state index in [-0.39, 0.29) is 35.2 Å². The Bertz CT molecular complexity index is 751. The van der Waals surface area contributed by atoms with Crippen molar-refractivity contribution in [2.75, 3.05) is 18.5 Å². The Kier molecular flexibility index (Phi) is 6.14. The molecule has 0 saturated heterocycles. The maximum absolute atomic E-state index is 13.0. The van der Waals surface area contributed by atoms with Crippen LogP contribution in [0.4, 0.5) is 10.1 Å². The van der Waals surface area contributed by atoms with Crippen LogP contribution in [-0.2, 0) is 9.53 Å². The number of para-hydroxylation sites is 1. The Balaban J connectivity index is 2.00. The smallest absolute Gasteiger partial charge is 0.341 e. The standard InChI is InChI=1S/C17H15ClFNO4/c1-2-23-17(22)12-5-3-4-6-15(12)24-10-16(21)20-14-8-7-11(19)9-13(14)18/h3-9H,2,10H2,1H3,(H,20,21). The van der Waals surface area contributed by atoms with Crippen LogP contribution in [0.15, 0.2) is 42.5 Å². The second kappa shape index (κ2) is 8.31. The van der Waals surface area contributed by atoms with E-state index in [1.54, 1.807) is 31.2 Å². The summed E-state index contributed by atoms with van der Waals surface area (Å²) in [5.41, 5.74) is 0.498. The fourth-order valence-corrected chi connectivity index (χ4v) is 2.10. The number of anilines is 1. The Morgan fingerprint density at radius 2 is 1.96 bits per heavy atom. The molecule has 0 atom stereocenters. The zero-order valence-corrected chi connectivity index (χ0v) is 13.6. The number of nitrogens with one attached hydrogen (secondary N) is 1. The maximum atomic E-state index is 13.0. The number of halogens is 2. The molecule has 2 aromatic rings. The second-order valence-electron chi connectivity index (χ2n) is 4.68. The van der Waals surface area contributed by atoms with Crippen molar-refractivity contribution in [2.45, 2.75) is 6.92 Å². The molecule has 0 radical (unpaired) electrons. The number of esters is 1. The highest BCUT2D eigenvalue weighted by Crippen LogP contribution is 2.23. The summed E-state index contributed by atoms with van der Waals surface area (Å²) in [6, 6.07) is 10.1. The minimum absolute atomic E-state index is 0.0790. The Morgan fingerprint density at radius 1 is 1.21 bits per heavy atom. The van der Waals surface area contributed by atoms with Gasteiger partial charge in [-0.2, -0.15) is 0 Å². The van der Waals surface area contributed by atoms with Crippen LogP contribution in [0.25, 0.3) is 0 Å². The SMILES string of the molecule is CCOC(=O)c1ccccc1OCC(=O)Nc1ccc(F)cc1Cl. The first kappa shape index (κ1) is 17.7. The van der Waals surface area contributed by atoms with Crippen LogP contribution in [0.2, 0.25) is 5.02 Å². The van der Waals surface area contributed by atoms with Crippen molar-refractivity contribution in [1.82, 2.24) is 0 Å². The molecule has 0 aromatic heterocycles. The number of amides is 1. The second-order valence-corrected chi connectivity index (χ2v) is 5.08. The lowest BCUT2D eigenvalue weighted by molar-refractivity contribution is -0.118. The van der Waals surface area contributed by atoms with Gasteiger partial charge < -0.3 is 14.8 Å². The molecule has 1 amide bonds. The van der Waals surface area contributed by atoms with Gasteiger partial charge in [-0.15, -0.1) is 0 Å². The van der Waals surface area contributed by atoms with E-state index >= 15 is 0 Å². The molecule has 0 unspecified atom stereocenters. The van der Waals surface area contributed by atoms with Crippen molar-refractivity contribution in [2.24, 2.45) is 0 Å². The number of hydrogen-bond acceptors (Lipinski definition) is 4. The van der Waals surface area contributed by atoms with E-state index in [1.807, 2.05) is 0 Å². The molecule has 0 fully saturated rings. The summed E-state index contributed by atoms with van der Waals surface area (Å²) in [4.78, 5) is 23.7. The Morgan fingerprint density at radius 3 is 2.67 bits per heavy atom. The van der Waals surface area contributed by atoms with Crippen LogP contribution in [0, 0.1) is 5.82 Å². The summed E-state index contributed by atoms with van der Waals surface area (Å²) in [5, 5.41) is 2.58. The van der Waals surface area contributed by atoms with Gasteiger partial charge in [-0.25, -0.2) is 9.18 Å². The molecule has 0 aliphatic carbocycles. The Labute approximate surface area is 143 Å². The van der Waals surface area contributed by atoms with Crippen LogP contribution >= 0.6 is 11.6 Å². The summed E-state index contributed by atoms with van der Waals surface area (Å²) < 4.78 is 23.3. The predicted molar refractivity (Wildman–Crippen MR) is 87.9 cm³/mol. The van der Waals surface area contributed by atoms with Crippen LogP contribution in [0.3, 0.4) is 0 Å². The molecule has 2 rings (SSSR count). The molecule has 24 heavy (non-hydrogen) atoms. The van der Waals surface area contributed by atoms with E-state index < -0.39 is 17.7 Å². The van der Waals surface area contributed by atoms with Gasteiger partial charge in [0, 0.05) is 0 Å². The van der Waals surface area contributed by atoms with Crippen LogP contribution < -0.4 is 10.1 Å². The summed E-state index contributed by atoms with van der Waals surface area (Å²) in [6.07, 6.45) is 0. The van der Waals surface area contributed by atoms with E-state index in [2.05, 4.69) is 5.32 Å². The third-order valence-electron chi connectivity index (χ3n) is 2.95. The summed E-state index contributed by atoms with van der Waals surface area (Å²) in [5.74, 6) is -1.30. The van der Waals surface area contributed by atoms with E-state index in [0.29, 0.717) is 0 Å². The molecular formula is C17H15ClFNO4. The molecule has 126 valence electrons. The van der Waals surface area contributed by atoms with Crippen molar-refractivity contribution < 1.29 is 23.5 Å². The van der Waals surface area contributed by atoms with Gasteiger partial charge in [0.15, 0.2) is 6.61 Å². The van der Waals surface area contributed by atoms with Crippen molar-refractivity contribution in [3.63, 3.8) is 0 Å². The molecule has 0 bridgehead atoms. The third kappa shape index (κ3) is 4.70. The number of ether oxygens (including phenoxy) is 2. The molecule has 0 spiro atoms. The average molecular weight is 352 g/mol. The number of carbonyl (C=O) groups excluding carboxylic acids is 2. The Hall–Kier alpha value is -2.60. The molecule has 0 aliphatic rings. The average Bonchev–Trinajstić information content (AvgIpc) is 2.56. The number of rotatable bonds is 6. The monoisotopic (exact) mass is 351 g/mol. The molecule has 0 heterocycles. The van der Waals surface area contributed by atoms with Crippen molar-refractivity contribution in [3.05, 3.63) is 58.9 Å². The summed E-state index contributed by atoms with van der Waals surface area (Å²) in [6.45, 7) is 1.59. The number of carbonyl (C=O) groups is 2. The fraction of sp³-hybridized carbons (Fsp3) is 0.176. The van der Waals surface area contributed by atoms with Gasteiger partial charge in [0.25, 0.3) is 5.91 Å². The van der Waals surface area contributed by atoms with Crippen molar-refractivity contribution >= 4 is 29.2 Å². The lowest BCUT2D eigenvalue weighted by Gasteiger charge is -2.11. The summed E-state index contributed by atoms with van der Waals surface area (Å²) in [7, 11) is 0. The lowest BCUT2D eigenvalue weighted by atomic mass is 10.2. The molecular weight excluding hydrogens is 337 g/mol. The zero-order chi connectivity index (χ0) is 17.5. The largest absolute Gasteiger partial charge is 0.483 e. The lowest BCUT2D eigenvalue weighted by Crippen LogP contribution is -2.21. The molecule has 0 saturated carbocycles. The van der Waals surface area contributed by atoms with Crippen molar-refractivity contribution in [3.8, 4) is 5.75 Å². The third-order valence-corrected chi connectivity index (χ3v) is 3.26. The van der Waals surface area contributed by atoms with E-state index in [0.717, 1.165) is 6.07 Å². The highest BCUT2D eigenvalue weighted by Gasteiger charge is 2.14. The first-order valence-electron chi connectivity index (χ1n) is 7.15. The van der Waals surface area contributed by atoms with Gasteiger partial charge in [-0.1, -0.05) is 23.7 Å². The molecule has 5 nitrogen and oxygen atoms in total. The van der Waals surface area contributed by atoms with Gasteiger partial charge in [-0.3, -0.25) is 4.79 Å². The first-order chi connectivity index (χ1) is 11.5. The number of hydrogen-bond donors (Lipinski definition) is 1. The molecule has 0 aliphatic heterocycles. The zero-order valence-electron chi connectivity index (χ0n) is 12.8. The van der Waals surface area contributed by atoms with Crippen molar-refractivity contribution in [1.29, 1.82) is 0 Å². The van der Waals surface area contributed by atoms with Gasteiger partial charge in [0.2, 0.25) is 0 Å². The van der Waals surface area contributed by atoms with Gasteiger partial charge in [0.1, 0.15) is 17.1 Å². The number of benzene rings is 2. The first-order valence-corrected chi connectivity index (χ1v) is 7.53.